The molecular weight excluding hydrogens is 651 g/mol. The summed E-state index contributed by atoms with van der Waals surface area (Å²) in [5.41, 5.74) is -1.02. The minimum atomic E-state index is -4.23. The van der Waals surface area contributed by atoms with E-state index in [0.717, 1.165) is 23.5 Å². The molecule has 0 atom stereocenters. The van der Waals surface area contributed by atoms with Crippen molar-refractivity contribution < 1.29 is 32.2 Å². The van der Waals surface area contributed by atoms with Gasteiger partial charge in [-0.25, -0.2) is 26.9 Å². The van der Waals surface area contributed by atoms with Crippen LogP contribution in [-0.4, -0.2) is 81.4 Å². The van der Waals surface area contributed by atoms with Gasteiger partial charge in [0.2, 0.25) is 5.88 Å². The monoisotopic (exact) mass is 678 g/mol. The zero-order valence-corrected chi connectivity index (χ0v) is 26.1. The third kappa shape index (κ3) is 7.04. The van der Waals surface area contributed by atoms with Crippen LogP contribution in [0.5, 0.6) is 5.88 Å². The minimum Gasteiger partial charge on any atom is -0.494 e. The van der Waals surface area contributed by atoms with E-state index in [0.29, 0.717) is 43.1 Å². The highest BCUT2D eigenvalue weighted by atomic mass is 35.5. The predicted molar refractivity (Wildman–Crippen MR) is 169 cm³/mol. The number of pyridine rings is 1. The second-order valence-corrected chi connectivity index (χ2v) is 13.5. The van der Waals surface area contributed by atoms with E-state index in [-0.39, 0.29) is 37.1 Å². The van der Waals surface area contributed by atoms with Crippen LogP contribution in [0.15, 0.2) is 57.5 Å². The number of rotatable bonds is 9. The van der Waals surface area contributed by atoms with E-state index in [9.17, 15) is 27.9 Å². The van der Waals surface area contributed by atoms with Crippen molar-refractivity contribution in [2.75, 3.05) is 57.1 Å². The van der Waals surface area contributed by atoms with E-state index in [4.69, 9.17) is 16.3 Å². The van der Waals surface area contributed by atoms with Crippen molar-refractivity contribution in [2.45, 2.75) is 4.21 Å². The van der Waals surface area contributed by atoms with Crippen molar-refractivity contribution in [1.29, 1.82) is 0 Å². The lowest BCUT2D eigenvalue weighted by molar-refractivity contribution is 0.0383. The Labute approximate surface area is 265 Å². The average Bonchev–Trinajstić information content (AvgIpc) is 3.45. The molecule has 13 nitrogen and oxygen atoms in total. The number of thiophene rings is 1. The molecule has 3 heterocycles. The first kappa shape index (κ1) is 32.2. The van der Waals surface area contributed by atoms with Crippen LogP contribution in [-0.2, 0) is 14.8 Å². The van der Waals surface area contributed by atoms with Crippen LogP contribution in [0.1, 0.15) is 10.4 Å². The number of morpholine rings is 1. The largest absolute Gasteiger partial charge is 0.494 e. The third-order valence-electron chi connectivity index (χ3n) is 6.98. The molecule has 5 N–H and O–H groups in total. The topological polar surface area (TPSA) is 171 Å². The number of carbonyl (C=O) groups is 2. The Balaban J connectivity index is 1.44. The average molecular weight is 679 g/mol. The molecule has 2 aromatic carbocycles. The highest BCUT2D eigenvalue weighted by molar-refractivity contribution is 7.92. The van der Waals surface area contributed by atoms with E-state index < -0.39 is 44.9 Å². The van der Waals surface area contributed by atoms with Crippen LogP contribution in [0.2, 0.25) is 4.34 Å². The molecule has 238 valence electrons. The molecule has 1 fully saturated rings. The summed E-state index contributed by atoms with van der Waals surface area (Å²) in [6, 6.07) is 9.16. The van der Waals surface area contributed by atoms with Crippen LogP contribution in [0.3, 0.4) is 0 Å². The van der Waals surface area contributed by atoms with Gasteiger partial charge in [0, 0.05) is 55.4 Å². The maximum absolute atomic E-state index is 15.5. The van der Waals surface area contributed by atoms with E-state index in [1.54, 1.807) is 17.8 Å². The van der Waals surface area contributed by atoms with Gasteiger partial charge in [0.25, 0.3) is 21.5 Å². The summed E-state index contributed by atoms with van der Waals surface area (Å²) in [5.74, 6) is -2.51. The zero-order chi connectivity index (χ0) is 32.3. The van der Waals surface area contributed by atoms with Gasteiger partial charge in [-0.05, 0) is 48.5 Å². The van der Waals surface area contributed by atoms with Crippen molar-refractivity contribution in [3.05, 3.63) is 74.6 Å². The third-order valence-corrected chi connectivity index (χ3v) is 10.0. The van der Waals surface area contributed by atoms with Crippen molar-refractivity contribution >= 4 is 67.0 Å². The Morgan fingerprint density at radius 2 is 1.80 bits per heavy atom. The smallest absolute Gasteiger partial charge is 0.333 e. The number of carbonyl (C=O) groups excluding carboxylic acids is 2. The fraction of sp³-hybridized carbons (Fsp3) is 0.250. The van der Waals surface area contributed by atoms with Gasteiger partial charge in [-0.3, -0.25) is 14.5 Å². The minimum absolute atomic E-state index is 0.0463. The van der Waals surface area contributed by atoms with Gasteiger partial charge < -0.3 is 25.8 Å². The number of aromatic hydroxyl groups is 1. The number of amides is 3. The lowest BCUT2D eigenvalue weighted by Gasteiger charge is -2.26. The fourth-order valence-corrected chi connectivity index (χ4v) is 7.16. The van der Waals surface area contributed by atoms with Crippen LogP contribution in [0, 0.1) is 5.82 Å². The van der Waals surface area contributed by atoms with Crippen molar-refractivity contribution in [3.63, 3.8) is 0 Å². The first-order valence-corrected chi connectivity index (χ1v) is 16.2. The number of aromatic nitrogens is 1. The quantitative estimate of drug-likeness (QED) is 0.178. The molecule has 0 radical (unpaired) electrons. The van der Waals surface area contributed by atoms with Crippen LogP contribution in [0.25, 0.3) is 16.5 Å². The van der Waals surface area contributed by atoms with E-state index >= 15 is 4.39 Å². The number of ether oxygens (including phenoxy) is 1. The molecule has 0 unspecified atom stereocenters. The van der Waals surface area contributed by atoms with Crippen LogP contribution < -0.4 is 26.2 Å². The van der Waals surface area contributed by atoms with E-state index in [2.05, 4.69) is 20.9 Å². The number of urea groups is 1. The number of hydrogen-bond acceptors (Lipinski definition) is 10. The second-order valence-electron chi connectivity index (χ2n) is 9.84. The zero-order valence-electron chi connectivity index (χ0n) is 23.7. The van der Waals surface area contributed by atoms with Gasteiger partial charge in [0.1, 0.15) is 15.6 Å². The number of benzene rings is 2. The summed E-state index contributed by atoms with van der Waals surface area (Å²) in [4.78, 5) is 41.5. The number of anilines is 2. The van der Waals surface area contributed by atoms with Gasteiger partial charge in [0.15, 0.2) is 0 Å². The maximum Gasteiger partial charge on any atom is 0.333 e. The Hall–Kier alpha value is -4.22. The lowest BCUT2D eigenvalue weighted by atomic mass is 10.0. The van der Waals surface area contributed by atoms with E-state index in [1.165, 1.54) is 30.3 Å². The summed E-state index contributed by atoms with van der Waals surface area (Å²) in [6.07, 6.45) is 0. The first-order chi connectivity index (χ1) is 21.5. The number of nitrogens with zero attached hydrogens (tertiary/aromatic N) is 2. The van der Waals surface area contributed by atoms with E-state index in [1.807, 2.05) is 0 Å². The molecule has 1 aliphatic rings. The molecule has 1 aliphatic heterocycles. The Kier molecular flexibility index (Phi) is 9.59. The Morgan fingerprint density at radius 1 is 1.07 bits per heavy atom. The van der Waals surface area contributed by atoms with Crippen molar-refractivity contribution in [1.82, 2.24) is 19.5 Å². The Bertz CT molecular complexity index is 1940. The molecule has 17 heteroatoms. The number of hydrogen-bond donors (Lipinski definition) is 5. The fourth-order valence-electron chi connectivity index (χ4n) is 4.77. The Morgan fingerprint density at radius 3 is 2.47 bits per heavy atom. The molecule has 1 saturated heterocycles. The lowest BCUT2D eigenvalue weighted by Crippen LogP contribution is -2.41. The first-order valence-electron chi connectivity index (χ1n) is 13.6. The molecule has 5 rings (SSSR count). The number of halogens is 2. The second kappa shape index (κ2) is 13.4. The maximum atomic E-state index is 15.5. The summed E-state index contributed by atoms with van der Waals surface area (Å²) < 4.78 is 48.1. The number of nitrogens with one attached hydrogen (secondary N) is 4. The highest BCUT2D eigenvalue weighted by Gasteiger charge is 2.25. The van der Waals surface area contributed by atoms with Crippen molar-refractivity contribution in [3.8, 4) is 11.6 Å². The van der Waals surface area contributed by atoms with Gasteiger partial charge in [-0.1, -0.05) is 11.6 Å². The standard InChI is InChI=1S/C28H28ClFN6O7S2/c1-31-16-2-4-18-19(14-16)24(25(37)32-8-9-35-10-12-43-13-11-35)27(39)36(26(18)38)21-5-3-17(15-20(21)30)33-28(40)34-45(41,42)23-7-6-22(29)44-23/h2-7,14-15,31,39H,8-13H2,1H3,(H,32,37)(H2,33,34,40). The van der Waals surface area contributed by atoms with Gasteiger partial charge in [-0.2, -0.15) is 0 Å². The summed E-state index contributed by atoms with van der Waals surface area (Å²) >= 11 is 6.52. The summed E-state index contributed by atoms with van der Waals surface area (Å²) in [7, 11) is -2.58. The van der Waals surface area contributed by atoms with Crippen LogP contribution in [0.4, 0.5) is 20.6 Å². The molecule has 45 heavy (non-hydrogen) atoms. The molecule has 0 spiro atoms. The van der Waals surface area contributed by atoms with Crippen molar-refractivity contribution in [2.24, 2.45) is 0 Å². The number of fused-ring (bicyclic) bond motifs is 1. The highest BCUT2D eigenvalue weighted by Crippen LogP contribution is 2.31. The van der Waals surface area contributed by atoms with Gasteiger partial charge >= 0.3 is 6.03 Å². The summed E-state index contributed by atoms with van der Waals surface area (Å²) in [5, 5.41) is 19.4. The summed E-state index contributed by atoms with van der Waals surface area (Å²) in [6.45, 7) is 3.39. The molecule has 0 aliphatic carbocycles. The normalized spacial score (nSPS) is 13.8. The number of sulfonamides is 1. The molecule has 0 saturated carbocycles. The molecule has 4 aromatic rings. The van der Waals surface area contributed by atoms with Crippen LogP contribution >= 0.6 is 22.9 Å². The molecular formula is C28H28ClFN6O7S2. The van der Waals surface area contributed by atoms with Gasteiger partial charge in [0.05, 0.1) is 23.2 Å². The SMILES string of the molecule is CNc1ccc2c(=O)n(-c3ccc(NC(=O)NS(=O)(=O)c4ccc(Cl)s4)cc3F)c(O)c(C(=O)NCCN3CCOCC3)c2c1. The molecule has 2 aromatic heterocycles. The molecule has 3 amide bonds. The van der Waals surface area contributed by atoms with Gasteiger partial charge in [-0.15, -0.1) is 11.3 Å². The predicted octanol–water partition coefficient (Wildman–Crippen LogP) is 3.16. The molecule has 0 bridgehead atoms.